The van der Waals surface area contributed by atoms with E-state index >= 15 is 0 Å². The van der Waals surface area contributed by atoms with E-state index in [1.807, 2.05) is 18.2 Å². The van der Waals surface area contributed by atoms with E-state index in [2.05, 4.69) is 0 Å². The number of carboxylic acids is 1. The van der Waals surface area contributed by atoms with Crippen LogP contribution >= 0.6 is 0 Å². The molecule has 5 nitrogen and oxygen atoms in total. The minimum absolute atomic E-state index is 0.0208. The Labute approximate surface area is 106 Å². The van der Waals surface area contributed by atoms with Crippen molar-refractivity contribution in [2.24, 2.45) is 11.7 Å². The molecule has 1 aromatic rings. The highest BCUT2D eigenvalue weighted by atomic mass is 16.5. The molecule has 0 unspecified atom stereocenters. The first-order valence-corrected chi connectivity index (χ1v) is 5.66. The summed E-state index contributed by atoms with van der Waals surface area (Å²) < 4.78 is 4.82. The molecule has 0 radical (unpaired) electrons. The van der Waals surface area contributed by atoms with Gasteiger partial charge in [-0.3, -0.25) is 4.79 Å². The molecule has 18 heavy (non-hydrogen) atoms. The SMILES string of the molecule is CC(C)[C@H](N)C(=O)O.O=C1OCc2cccc1c2. The second-order valence-corrected chi connectivity index (χ2v) is 4.38. The molecule has 1 aromatic carbocycles. The van der Waals surface area contributed by atoms with E-state index in [0.717, 1.165) is 5.56 Å². The highest BCUT2D eigenvalue weighted by molar-refractivity contribution is 5.90. The molecule has 3 N–H and O–H groups in total. The normalized spacial score (nSPS) is 14.3. The lowest BCUT2D eigenvalue weighted by molar-refractivity contribution is -0.139. The van der Waals surface area contributed by atoms with Crippen molar-refractivity contribution in [1.29, 1.82) is 0 Å². The Morgan fingerprint density at radius 3 is 2.56 bits per heavy atom. The molecule has 5 heteroatoms. The third-order valence-corrected chi connectivity index (χ3v) is 2.54. The van der Waals surface area contributed by atoms with Gasteiger partial charge in [0.1, 0.15) is 12.6 Å². The van der Waals surface area contributed by atoms with E-state index in [0.29, 0.717) is 12.2 Å². The second kappa shape index (κ2) is 6.16. The van der Waals surface area contributed by atoms with Crippen molar-refractivity contribution in [3.8, 4) is 0 Å². The number of hydrogen-bond acceptors (Lipinski definition) is 4. The molecule has 0 saturated carbocycles. The number of carbonyl (C=O) groups excluding carboxylic acids is 1. The summed E-state index contributed by atoms with van der Waals surface area (Å²) in [5.74, 6) is -1.12. The van der Waals surface area contributed by atoms with Crippen LogP contribution in [0, 0.1) is 5.92 Å². The number of nitrogens with two attached hydrogens (primary N) is 1. The first-order chi connectivity index (χ1) is 8.41. The Hall–Kier alpha value is -1.88. The van der Waals surface area contributed by atoms with Gasteiger partial charge in [0, 0.05) is 0 Å². The lowest BCUT2D eigenvalue weighted by Gasteiger charge is -2.11. The van der Waals surface area contributed by atoms with Gasteiger partial charge in [-0.2, -0.15) is 0 Å². The van der Waals surface area contributed by atoms with E-state index in [1.54, 1.807) is 19.9 Å². The fourth-order valence-corrected chi connectivity index (χ4v) is 1.31. The number of carboxylic acid groups (broad SMARTS) is 1. The molecule has 2 bridgehead atoms. The number of ether oxygens (including phenoxy) is 1. The molecule has 0 aliphatic carbocycles. The van der Waals surface area contributed by atoms with Gasteiger partial charge in [0.15, 0.2) is 0 Å². The average molecular weight is 251 g/mol. The van der Waals surface area contributed by atoms with Crippen LogP contribution in [0.5, 0.6) is 0 Å². The minimum Gasteiger partial charge on any atom is -0.480 e. The van der Waals surface area contributed by atoms with Crippen molar-refractivity contribution in [3.63, 3.8) is 0 Å². The molecule has 0 aromatic heterocycles. The third-order valence-electron chi connectivity index (χ3n) is 2.54. The van der Waals surface area contributed by atoms with Crippen LogP contribution in [0.25, 0.3) is 0 Å². The smallest absolute Gasteiger partial charge is 0.338 e. The number of rotatable bonds is 2. The maximum absolute atomic E-state index is 10.8. The molecular formula is C13H17NO4. The Kier molecular flexibility index (Phi) is 4.85. The van der Waals surface area contributed by atoms with Crippen LogP contribution in [0.15, 0.2) is 24.3 Å². The van der Waals surface area contributed by atoms with Crippen LogP contribution in [0.3, 0.4) is 0 Å². The van der Waals surface area contributed by atoms with Crippen molar-refractivity contribution in [2.45, 2.75) is 26.5 Å². The van der Waals surface area contributed by atoms with Crippen LogP contribution in [-0.4, -0.2) is 23.1 Å². The summed E-state index contributed by atoms with van der Waals surface area (Å²) in [7, 11) is 0. The number of esters is 1. The van der Waals surface area contributed by atoms with Crippen LogP contribution in [0.4, 0.5) is 0 Å². The molecule has 1 aliphatic heterocycles. The number of aliphatic carboxylic acids is 1. The quantitative estimate of drug-likeness (QED) is 0.776. The average Bonchev–Trinajstić information content (AvgIpc) is 2.34. The van der Waals surface area contributed by atoms with Gasteiger partial charge in [-0.25, -0.2) is 4.79 Å². The largest absolute Gasteiger partial charge is 0.480 e. The summed E-state index contributed by atoms with van der Waals surface area (Å²) in [5.41, 5.74) is 6.88. The number of carbonyl (C=O) groups is 2. The van der Waals surface area contributed by atoms with E-state index in [4.69, 9.17) is 15.6 Å². The number of hydrogen-bond donors (Lipinski definition) is 2. The van der Waals surface area contributed by atoms with Crippen LogP contribution in [0.1, 0.15) is 29.8 Å². The van der Waals surface area contributed by atoms with Crippen LogP contribution in [0.2, 0.25) is 0 Å². The Morgan fingerprint density at radius 2 is 2.11 bits per heavy atom. The van der Waals surface area contributed by atoms with Gasteiger partial charge in [-0.15, -0.1) is 0 Å². The predicted molar refractivity (Wildman–Crippen MR) is 66.0 cm³/mol. The minimum atomic E-state index is -0.931. The fourth-order valence-electron chi connectivity index (χ4n) is 1.31. The highest BCUT2D eigenvalue weighted by Crippen LogP contribution is 2.13. The van der Waals surface area contributed by atoms with Gasteiger partial charge < -0.3 is 15.6 Å². The summed E-state index contributed by atoms with van der Waals surface area (Å²) >= 11 is 0. The molecule has 98 valence electrons. The molecule has 1 heterocycles. The Bertz CT molecular complexity index is 442. The lowest BCUT2D eigenvalue weighted by atomic mass is 10.1. The van der Waals surface area contributed by atoms with Crippen molar-refractivity contribution < 1.29 is 19.4 Å². The molecule has 0 spiro atoms. The van der Waals surface area contributed by atoms with Crippen molar-refractivity contribution in [2.75, 3.05) is 0 Å². The zero-order chi connectivity index (χ0) is 13.7. The van der Waals surface area contributed by atoms with E-state index in [-0.39, 0.29) is 11.9 Å². The van der Waals surface area contributed by atoms with Gasteiger partial charge in [-0.1, -0.05) is 26.0 Å². The molecule has 1 aliphatic rings. The summed E-state index contributed by atoms with van der Waals surface area (Å²) in [6.45, 7) is 3.98. The van der Waals surface area contributed by atoms with E-state index in [1.165, 1.54) is 0 Å². The fraction of sp³-hybridized carbons (Fsp3) is 0.385. The second-order valence-electron chi connectivity index (χ2n) is 4.38. The number of fused-ring (bicyclic) bond motifs is 2. The monoisotopic (exact) mass is 251 g/mol. The maximum atomic E-state index is 10.8. The summed E-state index contributed by atoms with van der Waals surface area (Å²) in [5, 5.41) is 8.23. The molecular weight excluding hydrogens is 234 g/mol. The zero-order valence-corrected chi connectivity index (χ0v) is 10.4. The third kappa shape index (κ3) is 3.85. The van der Waals surface area contributed by atoms with Crippen LogP contribution < -0.4 is 5.73 Å². The molecule has 0 amide bonds. The molecule has 0 saturated heterocycles. The van der Waals surface area contributed by atoms with Crippen molar-refractivity contribution in [1.82, 2.24) is 0 Å². The van der Waals surface area contributed by atoms with Gasteiger partial charge in [0.2, 0.25) is 0 Å². The number of cyclic esters (lactones) is 1. The standard InChI is InChI=1S/C8H6O2.C5H11NO2/c9-8-7-3-1-2-6(4-7)5-10-8;1-3(2)4(6)5(7)8/h1-4H,5H2;3-4H,6H2,1-2H3,(H,7,8)/t;4-/m.0/s1. The Morgan fingerprint density at radius 1 is 1.44 bits per heavy atom. The topological polar surface area (TPSA) is 89.6 Å². The first-order valence-electron chi connectivity index (χ1n) is 5.66. The highest BCUT2D eigenvalue weighted by Gasteiger charge is 2.14. The molecule has 0 fully saturated rings. The predicted octanol–water partition coefficient (Wildman–Crippen LogP) is 1.41. The van der Waals surface area contributed by atoms with Gasteiger partial charge in [-0.05, 0) is 23.6 Å². The lowest BCUT2D eigenvalue weighted by Crippen LogP contribution is -2.34. The van der Waals surface area contributed by atoms with Gasteiger partial charge >= 0.3 is 11.9 Å². The number of benzene rings is 1. The Balaban J connectivity index is 0.000000187. The van der Waals surface area contributed by atoms with Gasteiger partial charge in [0.25, 0.3) is 0 Å². The summed E-state index contributed by atoms with van der Waals surface area (Å²) in [4.78, 5) is 20.9. The zero-order valence-electron chi connectivity index (χ0n) is 10.4. The summed E-state index contributed by atoms with van der Waals surface area (Å²) in [6, 6.07) is 6.70. The molecule has 1 atom stereocenters. The maximum Gasteiger partial charge on any atom is 0.338 e. The molecule has 2 rings (SSSR count). The van der Waals surface area contributed by atoms with E-state index in [9.17, 15) is 9.59 Å². The van der Waals surface area contributed by atoms with Crippen molar-refractivity contribution in [3.05, 3.63) is 35.4 Å². The first kappa shape index (κ1) is 14.2. The van der Waals surface area contributed by atoms with Gasteiger partial charge in [0.05, 0.1) is 5.56 Å². The van der Waals surface area contributed by atoms with E-state index < -0.39 is 12.0 Å². The summed E-state index contributed by atoms with van der Waals surface area (Å²) in [6.07, 6.45) is 0. The van der Waals surface area contributed by atoms with Crippen molar-refractivity contribution >= 4 is 11.9 Å². The van der Waals surface area contributed by atoms with Crippen LogP contribution in [-0.2, 0) is 16.1 Å².